The smallest absolute Gasteiger partial charge is 0.325 e. The van der Waals surface area contributed by atoms with Gasteiger partial charge in [0.15, 0.2) is 0 Å². The van der Waals surface area contributed by atoms with E-state index in [1.165, 1.54) is 0 Å². The number of benzene rings is 1. The van der Waals surface area contributed by atoms with Crippen molar-refractivity contribution in [3.05, 3.63) is 52.0 Å². The van der Waals surface area contributed by atoms with Crippen LogP contribution in [0.4, 0.5) is 0 Å². The molecule has 2 aromatic rings. The van der Waals surface area contributed by atoms with Crippen LogP contribution in [0.5, 0.6) is 0 Å². The second-order valence-electron chi connectivity index (χ2n) is 4.36. The van der Waals surface area contributed by atoms with Crippen molar-refractivity contribution >= 4 is 17.3 Å². The maximum atomic E-state index is 11.4. The number of carboxylic acid groups (broad SMARTS) is 1. The fraction of sp³-hybridized carbons (Fsp3) is 0.286. The van der Waals surface area contributed by atoms with E-state index in [1.54, 1.807) is 11.3 Å². The largest absolute Gasteiger partial charge is 0.480 e. The van der Waals surface area contributed by atoms with Gasteiger partial charge < -0.3 is 5.11 Å². The van der Waals surface area contributed by atoms with Crippen LogP contribution in [-0.4, -0.2) is 16.1 Å². The standard InChI is InChI=1S/C14H16N2O2S/c1-9(12-8-19-10(2)16-12)15-13(14(17)18)11-6-4-3-5-7-11/h3-9,13,15H,1-2H3,(H,17,18). The highest BCUT2D eigenvalue weighted by Crippen LogP contribution is 2.21. The molecule has 2 atom stereocenters. The fourth-order valence-corrected chi connectivity index (χ4v) is 2.58. The highest BCUT2D eigenvalue weighted by atomic mass is 32.1. The fourth-order valence-electron chi connectivity index (χ4n) is 1.87. The summed E-state index contributed by atoms with van der Waals surface area (Å²) in [7, 11) is 0. The highest BCUT2D eigenvalue weighted by Gasteiger charge is 2.22. The van der Waals surface area contributed by atoms with Gasteiger partial charge in [0, 0.05) is 11.4 Å². The summed E-state index contributed by atoms with van der Waals surface area (Å²) < 4.78 is 0. The van der Waals surface area contributed by atoms with Crippen molar-refractivity contribution < 1.29 is 9.90 Å². The number of nitrogens with zero attached hydrogens (tertiary/aromatic N) is 1. The van der Waals surface area contributed by atoms with Crippen LogP contribution in [0, 0.1) is 6.92 Å². The maximum absolute atomic E-state index is 11.4. The normalized spacial score (nSPS) is 14.0. The zero-order valence-corrected chi connectivity index (χ0v) is 11.6. The first-order valence-electron chi connectivity index (χ1n) is 6.03. The number of aryl methyl sites for hydroxylation is 1. The van der Waals surface area contributed by atoms with Crippen LogP contribution in [0.15, 0.2) is 35.7 Å². The van der Waals surface area contributed by atoms with Crippen LogP contribution in [0.3, 0.4) is 0 Å². The van der Waals surface area contributed by atoms with Crippen LogP contribution in [0.2, 0.25) is 0 Å². The average molecular weight is 276 g/mol. The third-order valence-electron chi connectivity index (χ3n) is 2.88. The Kier molecular flexibility index (Phi) is 4.29. The first-order chi connectivity index (χ1) is 9.08. The van der Waals surface area contributed by atoms with Gasteiger partial charge in [-0.25, -0.2) is 4.98 Å². The quantitative estimate of drug-likeness (QED) is 0.881. The van der Waals surface area contributed by atoms with Crippen molar-refractivity contribution in [2.45, 2.75) is 25.9 Å². The topological polar surface area (TPSA) is 62.2 Å². The van der Waals surface area contributed by atoms with Crippen LogP contribution in [0.1, 0.15) is 35.3 Å². The number of aromatic nitrogens is 1. The maximum Gasteiger partial charge on any atom is 0.325 e. The lowest BCUT2D eigenvalue weighted by molar-refractivity contribution is -0.139. The summed E-state index contributed by atoms with van der Waals surface area (Å²) in [6, 6.07) is 8.34. The summed E-state index contributed by atoms with van der Waals surface area (Å²) in [4.78, 5) is 15.8. The van der Waals surface area contributed by atoms with Crippen LogP contribution < -0.4 is 5.32 Å². The first-order valence-corrected chi connectivity index (χ1v) is 6.91. The van der Waals surface area contributed by atoms with Crippen LogP contribution in [-0.2, 0) is 4.79 Å². The van der Waals surface area contributed by atoms with Crippen molar-refractivity contribution in [1.29, 1.82) is 0 Å². The molecule has 0 spiro atoms. The van der Waals surface area contributed by atoms with E-state index in [1.807, 2.05) is 49.6 Å². The molecule has 0 bridgehead atoms. The zero-order valence-electron chi connectivity index (χ0n) is 10.8. The van der Waals surface area contributed by atoms with Gasteiger partial charge in [0.2, 0.25) is 0 Å². The summed E-state index contributed by atoms with van der Waals surface area (Å²) in [5.41, 5.74) is 1.62. The number of carbonyl (C=O) groups is 1. The molecule has 19 heavy (non-hydrogen) atoms. The average Bonchev–Trinajstić information content (AvgIpc) is 2.83. The van der Waals surface area contributed by atoms with E-state index in [4.69, 9.17) is 0 Å². The molecule has 100 valence electrons. The number of hydrogen-bond acceptors (Lipinski definition) is 4. The van der Waals surface area contributed by atoms with E-state index < -0.39 is 12.0 Å². The van der Waals surface area contributed by atoms with E-state index >= 15 is 0 Å². The minimum atomic E-state index is -0.884. The molecular formula is C14H16N2O2S. The van der Waals surface area contributed by atoms with Gasteiger partial charge in [0.25, 0.3) is 0 Å². The van der Waals surface area contributed by atoms with E-state index in [-0.39, 0.29) is 6.04 Å². The third-order valence-corrected chi connectivity index (χ3v) is 3.67. The van der Waals surface area contributed by atoms with Crippen molar-refractivity contribution in [3.63, 3.8) is 0 Å². The molecule has 1 aromatic heterocycles. The Bertz CT molecular complexity index is 554. The third kappa shape index (κ3) is 3.39. The Hall–Kier alpha value is -1.72. The number of hydrogen-bond donors (Lipinski definition) is 2. The van der Waals surface area contributed by atoms with Gasteiger partial charge >= 0.3 is 5.97 Å². The Balaban J connectivity index is 2.16. The Morgan fingerprint density at radius 2 is 2.05 bits per heavy atom. The number of nitrogens with one attached hydrogen (secondary N) is 1. The van der Waals surface area contributed by atoms with Gasteiger partial charge in [0.05, 0.1) is 10.7 Å². The molecular weight excluding hydrogens is 260 g/mol. The van der Waals surface area contributed by atoms with E-state index in [9.17, 15) is 9.90 Å². The molecule has 1 aromatic carbocycles. The molecule has 0 saturated carbocycles. The van der Waals surface area contributed by atoms with Crippen molar-refractivity contribution in [3.8, 4) is 0 Å². The number of rotatable bonds is 5. The van der Waals surface area contributed by atoms with Crippen molar-refractivity contribution in [1.82, 2.24) is 10.3 Å². The van der Waals surface area contributed by atoms with Crippen LogP contribution >= 0.6 is 11.3 Å². The van der Waals surface area contributed by atoms with Crippen LogP contribution in [0.25, 0.3) is 0 Å². The molecule has 0 aliphatic rings. The highest BCUT2D eigenvalue weighted by molar-refractivity contribution is 7.09. The SMILES string of the molecule is Cc1nc(C(C)NC(C(=O)O)c2ccccc2)cs1. The lowest BCUT2D eigenvalue weighted by Gasteiger charge is -2.19. The molecule has 0 saturated heterocycles. The zero-order chi connectivity index (χ0) is 13.8. The van der Waals surface area contributed by atoms with E-state index in [2.05, 4.69) is 10.3 Å². The van der Waals surface area contributed by atoms with Gasteiger partial charge in [-0.05, 0) is 19.4 Å². The van der Waals surface area contributed by atoms with Gasteiger partial charge in [-0.2, -0.15) is 0 Å². The Labute approximate surface area is 116 Å². The summed E-state index contributed by atoms with van der Waals surface area (Å²) in [5, 5.41) is 15.4. The molecule has 2 unspecified atom stereocenters. The number of aliphatic carboxylic acids is 1. The minimum Gasteiger partial charge on any atom is -0.480 e. The Morgan fingerprint density at radius 3 is 2.58 bits per heavy atom. The Morgan fingerprint density at radius 1 is 1.37 bits per heavy atom. The second-order valence-corrected chi connectivity index (χ2v) is 5.42. The molecule has 4 nitrogen and oxygen atoms in total. The monoisotopic (exact) mass is 276 g/mol. The molecule has 5 heteroatoms. The number of thiazole rings is 1. The lowest BCUT2D eigenvalue weighted by Crippen LogP contribution is -2.30. The van der Waals surface area contributed by atoms with Crippen molar-refractivity contribution in [2.24, 2.45) is 0 Å². The molecule has 0 aliphatic carbocycles. The van der Waals surface area contributed by atoms with Gasteiger partial charge in [0.1, 0.15) is 6.04 Å². The molecule has 0 radical (unpaired) electrons. The molecule has 0 fully saturated rings. The molecule has 0 amide bonds. The predicted octanol–water partition coefficient (Wildman–Crippen LogP) is 2.93. The van der Waals surface area contributed by atoms with E-state index in [0.717, 1.165) is 16.3 Å². The molecule has 2 N–H and O–H groups in total. The summed E-state index contributed by atoms with van der Waals surface area (Å²) in [5.74, 6) is -0.884. The molecule has 2 rings (SSSR count). The molecule has 0 aliphatic heterocycles. The van der Waals surface area contributed by atoms with Gasteiger partial charge in [-0.1, -0.05) is 30.3 Å². The first kappa shape index (κ1) is 13.7. The summed E-state index contributed by atoms with van der Waals surface area (Å²) >= 11 is 1.57. The summed E-state index contributed by atoms with van der Waals surface area (Å²) in [6.07, 6.45) is 0. The van der Waals surface area contributed by atoms with E-state index in [0.29, 0.717) is 0 Å². The number of carboxylic acids is 1. The van der Waals surface area contributed by atoms with Gasteiger partial charge in [-0.15, -0.1) is 11.3 Å². The van der Waals surface area contributed by atoms with Crippen molar-refractivity contribution in [2.75, 3.05) is 0 Å². The van der Waals surface area contributed by atoms with Gasteiger partial charge in [-0.3, -0.25) is 10.1 Å². The predicted molar refractivity (Wildman–Crippen MR) is 75.2 cm³/mol. The molecule has 1 heterocycles. The minimum absolute atomic E-state index is 0.105. The second kappa shape index (κ2) is 5.95. The lowest BCUT2D eigenvalue weighted by atomic mass is 10.1. The summed E-state index contributed by atoms with van der Waals surface area (Å²) in [6.45, 7) is 3.86.